The molecule has 0 spiro atoms. The van der Waals surface area contributed by atoms with Crippen molar-refractivity contribution in [3.05, 3.63) is 163 Å². The Morgan fingerprint density at radius 2 is 0.891 bits per heavy atom. The normalized spacial score (nSPS) is 11.2. The van der Waals surface area contributed by atoms with Gasteiger partial charge in [-0.3, -0.25) is 0 Å². The van der Waals surface area contributed by atoms with Gasteiger partial charge in [-0.2, -0.15) is 0 Å². The standard InChI is InChI=1S/C42H30N4/c43-27-28-12-11-18-31(22-28)33-23-34(39-26-32-17-7-8-19-36(32)37-20-9-10-21-38(37)39)25-35(24-33)42-45-40(29-13-3-1-4-14-29)44-41(46-42)30-15-5-2-6-16-30/h1-26H,27,43H2. The highest BCUT2D eigenvalue weighted by Gasteiger charge is 2.16. The number of nitrogens with two attached hydrogens (primary N) is 1. The number of fused-ring (bicyclic) bond motifs is 3. The minimum absolute atomic E-state index is 0.476. The van der Waals surface area contributed by atoms with Crippen LogP contribution in [0.1, 0.15) is 5.56 Å². The molecule has 0 saturated heterocycles. The molecular weight excluding hydrogens is 560 g/mol. The first kappa shape index (κ1) is 27.6. The first-order chi connectivity index (χ1) is 22.7. The molecule has 0 fully saturated rings. The molecule has 0 saturated carbocycles. The summed E-state index contributed by atoms with van der Waals surface area (Å²) in [5.41, 5.74) is 14.4. The summed E-state index contributed by atoms with van der Waals surface area (Å²) >= 11 is 0. The summed E-state index contributed by atoms with van der Waals surface area (Å²) in [4.78, 5) is 15.1. The first-order valence-electron chi connectivity index (χ1n) is 15.5. The average molecular weight is 591 g/mol. The van der Waals surface area contributed by atoms with Crippen LogP contribution in [0.2, 0.25) is 0 Å². The van der Waals surface area contributed by atoms with E-state index in [2.05, 4.69) is 97.1 Å². The fraction of sp³-hybridized carbons (Fsp3) is 0.0238. The van der Waals surface area contributed by atoms with Crippen molar-refractivity contribution in [2.24, 2.45) is 5.73 Å². The topological polar surface area (TPSA) is 64.7 Å². The quantitative estimate of drug-likeness (QED) is 0.196. The molecule has 0 aliphatic heterocycles. The summed E-state index contributed by atoms with van der Waals surface area (Å²) in [6.45, 7) is 0.476. The summed E-state index contributed by atoms with van der Waals surface area (Å²) in [5.74, 6) is 1.89. The Morgan fingerprint density at radius 3 is 1.57 bits per heavy atom. The lowest BCUT2D eigenvalue weighted by atomic mass is 9.90. The SMILES string of the molecule is NCc1cccc(-c2cc(-c3nc(-c4ccccc4)nc(-c4ccccc4)n3)cc(-c3cc4ccccc4c4ccccc34)c2)c1. The van der Waals surface area contributed by atoms with Crippen LogP contribution >= 0.6 is 0 Å². The molecule has 0 atom stereocenters. The van der Waals surface area contributed by atoms with Crippen LogP contribution in [-0.2, 0) is 6.54 Å². The number of nitrogens with zero attached hydrogens (tertiary/aromatic N) is 3. The van der Waals surface area contributed by atoms with Gasteiger partial charge < -0.3 is 5.73 Å². The van der Waals surface area contributed by atoms with E-state index < -0.39 is 0 Å². The van der Waals surface area contributed by atoms with E-state index >= 15 is 0 Å². The molecule has 4 heteroatoms. The number of aromatic nitrogens is 3. The number of rotatable bonds is 6. The summed E-state index contributed by atoms with van der Waals surface area (Å²) < 4.78 is 0. The molecule has 7 aromatic carbocycles. The first-order valence-corrected chi connectivity index (χ1v) is 15.5. The minimum atomic E-state index is 0.476. The Morgan fingerprint density at radius 1 is 0.370 bits per heavy atom. The molecule has 0 bridgehead atoms. The van der Waals surface area contributed by atoms with Gasteiger partial charge in [0, 0.05) is 23.2 Å². The lowest BCUT2D eigenvalue weighted by Crippen LogP contribution is -2.00. The van der Waals surface area contributed by atoms with E-state index in [-0.39, 0.29) is 0 Å². The third-order valence-corrected chi connectivity index (χ3v) is 8.47. The van der Waals surface area contributed by atoms with Crippen LogP contribution in [0.4, 0.5) is 0 Å². The van der Waals surface area contributed by atoms with Crippen molar-refractivity contribution in [3.8, 4) is 56.4 Å². The van der Waals surface area contributed by atoms with Crippen LogP contribution in [0.3, 0.4) is 0 Å². The van der Waals surface area contributed by atoms with Crippen molar-refractivity contribution in [1.82, 2.24) is 15.0 Å². The van der Waals surface area contributed by atoms with E-state index in [4.69, 9.17) is 20.7 Å². The molecule has 0 aliphatic rings. The van der Waals surface area contributed by atoms with Crippen molar-refractivity contribution in [2.75, 3.05) is 0 Å². The summed E-state index contributed by atoms with van der Waals surface area (Å²) in [5, 5.41) is 4.87. The van der Waals surface area contributed by atoms with Gasteiger partial charge in [0.05, 0.1) is 0 Å². The average Bonchev–Trinajstić information content (AvgIpc) is 3.15. The molecule has 46 heavy (non-hydrogen) atoms. The second-order valence-electron chi connectivity index (χ2n) is 11.4. The van der Waals surface area contributed by atoms with Gasteiger partial charge in [-0.15, -0.1) is 0 Å². The van der Waals surface area contributed by atoms with Gasteiger partial charge >= 0.3 is 0 Å². The van der Waals surface area contributed by atoms with E-state index in [1.807, 2.05) is 60.7 Å². The molecule has 1 aromatic heterocycles. The van der Waals surface area contributed by atoms with Crippen molar-refractivity contribution in [2.45, 2.75) is 6.54 Å². The summed E-state index contributed by atoms with van der Waals surface area (Å²) in [6, 6.07) is 54.8. The third kappa shape index (κ3) is 5.21. The smallest absolute Gasteiger partial charge is 0.164 e. The van der Waals surface area contributed by atoms with Crippen molar-refractivity contribution in [3.63, 3.8) is 0 Å². The van der Waals surface area contributed by atoms with Crippen molar-refractivity contribution in [1.29, 1.82) is 0 Å². The molecule has 0 aliphatic carbocycles. The van der Waals surface area contributed by atoms with Gasteiger partial charge in [-0.1, -0.05) is 127 Å². The molecule has 4 nitrogen and oxygen atoms in total. The summed E-state index contributed by atoms with van der Waals surface area (Å²) in [7, 11) is 0. The van der Waals surface area contributed by atoms with Crippen LogP contribution in [-0.4, -0.2) is 15.0 Å². The van der Waals surface area contributed by atoms with Gasteiger partial charge in [0.15, 0.2) is 17.5 Å². The summed E-state index contributed by atoms with van der Waals surface area (Å²) in [6.07, 6.45) is 0. The lowest BCUT2D eigenvalue weighted by molar-refractivity contribution is 1.07. The zero-order valence-corrected chi connectivity index (χ0v) is 25.1. The minimum Gasteiger partial charge on any atom is -0.326 e. The van der Waals surface area contributed by atoms with E-state index in [9.17, 15) is 0 Å². The second-order valence-corrected chi connectivity index (χ2v) is 11.4. The fourth-order valence-electron chi connectivity index (χ4n) is 6.19. The van der Waals surface area contributed by atoms with Crippen LogP contribution in [0, 0.1) is 0 Å². The van der Waals surface area contributed by atoms with Crippen LogP contribution in [0.25, 0.3) is 78.0 Å². The van der Waals surface area contributed by atoms with E-state index in [0.29, 0.717) is 24.0 Å². The molecule has 0 radical (unpaired) electrons. The monoisotopic (exact) mass is 590 g/mol. The maximum atomic E-state index is 6.07. The molecule has 8 rings (SSSR count). The van der Waals surface area contributed by atoms with Crippen LogP contribution in [0.15, 0.2) is 158 Å². The molecule has 8 aromatic rings. The van der Waals surface area contributed by atoms with E-state index in [0.717, 1.165) is 44.5 Å². The predicted octanol–water partition coefficient (Wildman–Crippen LogP) is 9.97. The zero-order chi connectivity index (χ0) is 30.9. The Labute approximate surface area is 267 Å². The number of hydrogen-bond donors (Lipinski definition) is 1. The highest BCUT2D eigenvalue weighted by atomic mass is 15.0. The molecule has 218 valence electrons. The van der Waals surface area contributed by atoms with Crippen LogP contribution in [0.5, 0.6) is 0 Å². The van der Waals surface area contributed by atoms with E-state index in [1.54, 1.807) is 0 Å². The number of hydrogen-bond acceptors (Lipinski definition) is 4. The van der Waals surface area contributed by atoms with Gasteiger partial charge in [0.1, 0.15) is 0 Å². The largest absolute Gasteiger partial charge is 0.326 e. The lowest BCUT2D eigenvalue weighted by Gasteiger charge is -2.15. The van der Waals surface area contributed by atoms with Crippen molar-refractivity contribution >= 4 is 21.5 Å². The number of benzene rings is 7. The highest BCUT2D eigenvalue weighted by molar-refractivity contribution is 6.14. The molecule has 2 N–H and O–H groups in total. The maximum Gasteiger partial charge on any atom is 0.164 e. The van der Waals surface area contributed by atoms with Gasteiger partial charge in [-0.25, -0.2) is 15.0 Å². The fourth-order valence-corrected chi connectivity index (χ4v) is 6.19. The zero-order valence-electron chi connectivity index (χ0n) is 25.1. The molecule has 0 amide bonds. The Kier molecular flexibility index (Phi) is 7.10. The van der Waals surface area contributed by atoms with Gasteiger partial charge in [0.25, 0.3) is 0 Å². The Bertz CT molecular complexity index is 2290. The highest BCUT2D eigenvalue weighted by Crippen LogP contribution is 2.39. The molecule has 0 unspecified atom stereocenters. The molecule has 1 heterocycles. The van der Waals surface area contributed by atoms with Gasteiger partial charge in [-0.05, 0) is 79.7 Å². The Hall–Kier alpha value is -5.97. The van der Waals surface area contributed by atoms with Crippen molar-refractivity contribution < 1.29 is 0 Å². The maximum absolute atomic E-state index is 6.07. The third-order valence-electron chi connectivity index (χ3n) is 8.47. The Balaban J connectivity index is 1.41. The molecular formula is C42H30N4. The van der Waals surface area contributed by atoms with E-state index in [1.165, 1.54) is 21.5 Å². The van der Waals surface area contributed by atoms with Gasteiger partial charge in [0.2, 0.25) is 0 Å². The second kappa shape index (κ2) is 11.8. The predicted molar refractivity (Wildman–Crippen MR) is 190 cm³/mol. The van der Waals surface area contributed by atoms with Crippen LogP contribution < -0.4 is 5.73 Å².